The van der Waals surface area contributed by atoms with E-state index in [0.29, 0.717) is 0 Å². The van der Waals surface area contributed by atoms with Crippen molar-refractivity contribution in [2.45, 2.75) is 0 Å². The number of nitrogens with zero attached hydrogens (tertiary/aromatic N) is 1. The molecule has 2 nitrogen and oxygen atoms in total. The van der Waals surface area contributed by atoms with Crippen LogP contribution in [-0.4, -0.2) is 0 Å². The molecule has 58 heavy (non-hydrogen) atoms. The van der Waals surface area contributed by atoms with Gasteiger partial charge in [0.2, 0.25) is 0 Å². The van der Waals surface area contributed by atoms with Crippen LogP contribution in [0.25, 0.3) is 88.0 Å². The predicted molar refractivity (Wildman–Crippen MR) is 245 cm³/mol. The van der Waals surface area contributed by atoms with E-state index in [9.17, 15) is 0 Å². The summed E-state index contributed by atoms with van der Waals surface area (Å²) in [7, 11) is 0. The van der Waals surface area contributed by atoms with Gasteiger partial charge < -0.3 is 9.32 Å². The Labute approximate surface area is 337 Å². The molecule has 0 saturated carbocycles. The molecule has 2 heteroatoms. The van der Waals surface area contributed by atoms with Gasteiger partial charge in [0.1, 0.15) is 11.2 Å². The third-order valence-corrected chi connectivity index (χ3v) is 11.5. The Hall–Kier alpha value is -7.68. The van der Waals surface area contributed by atoms with Crippen LogP contribution in [0.2, 0.25) is 0 Å². The Bertz CT molecular complexity index is 3250. The van der Waals surface area contributed by atoms with Gasteiger partial charge in [-0.15, -0.1) is 0 Å². The fraction of sp³-hybridized carbons (Fsp3) is 0. The van der Waals surface area contributed by atoms with Gasteiger partial charge in [-0.3, -0.25) is 0 Å². The van der Waals surface area contributed by atoms with Crippen LogP contribution in [0.3, 0.4) is 0 Å². The molecule has 0 aliphatic carbocycles. The number of hydrogen-bond donors (Lipinski definition) is 0. The molecule has 0 amide bonds. The first kappa shape index (κ1) is 33.6. The summed E-state index contributed by atoms with van der Waals surface area (Å²) in [5.41, 5.74) is 14.6. The second kappa shape index (κ2) is 14.1. The van der Waals surface area contributed by atoms with Gasteiger partial charge in [0.05, 0.1) is 0 Å². The lowest BCUT2D eigenvalue weighted by Gasteiger charge is -2.26. The first-order chi connectivity index (χ1) is 28.8. The van der Waals surface area contributed by atoms with E-state index in [4.69, 9.17) is 4.42 Å². The van der Waals surface area contributed by atoms with E-state index >= 15 is 0 Å². The topological polar surface area (TPSA) is 16.4 Å². The maximum Gasteiger partial charge on any atom is 0.136 e. The lowest BCUT2D eigenvalue weighted by molar-refractivity contribution is 0.669. The van der Waals surface area contributed by atoms with Gasteiger partial charge >= 0.3 is 0 Å². The molecule has 272 valence electrons. The lowest BCUT2D eigenvalue weighted by atomic mass is 9.93. The van der Waals surface area contributed by atoms with E-state index in [-0.39, 0.29) is 0 Å². The number of para-hydroxylation sites is 1. The molecule has 0 unspecified atom stereocenters. The quantitative estimate of drug-likeness (QED) is 0.151. The number of benzene rings is 10. The number of rotatable bonds is 7. The van der Waals surface area contributed by atoms with Crippen LogP contribution >= 0.6 is 0 Å². The summed E-state index contributed by atoms with van der Waals surface area (Å²) in [6.45, 7) is 0. The molecule has 0 spiro atoms. The van der Waals surface area contributed by atoms with Crippen LogP contribution in [0.5, 0.6) is 0 Å². The molecule has 0 N–H and O–H groups in total. The van der Waals surface area contributed by atoms with Crippen molar-refractivity contribution in [2.24, 2.45) is 0 Å². The molecule has 0 aliphatic rings. The van der Waals surface area contributed by atoms with Crippen LogP contribution in [0.15, 0.2) is 229 Å². The van der Waals surface area contributed by atoms with Gasteiger partial charge in [0.25, 0.3) is 0 Å². The predicted octanol–water partition coefficient (Wildman–Crippen LogP) is 16.0. The zero-order valence-corrected chi connectivity index (χ0v) is 31.7. The molecule has 11 rings (SSSR count). The summed E-state index contributed by atoms with van der Waals surface area (Å²) in [6.07, 6.45) is 0. The van der Waals surface area contributed by atoms with Crippen LogP contribution in [-0.2, 0) is 0 Å². The minimum atomic E-state index is 0.901. The summed E-state index contributed by atoms with van der Waals surface area (Å²) in [5, 5.41) is 7.33. The molecule has 0 saturated heterocycles. The first-order valence-electron chi connectivity index (χ1n) is 19.8. The molecule has 0 atom stereocenters. The third kappa shape index (κ3) is 5.82. The summed E-state index contributed by atoms with van der Waals surface area (Å²) in [6, 6.07) is 80.6. The third-order valence-electron chi connectivity index (χ3n) is 11.5. The fourth-order valence-corrected chi connectivity index (χ4v) is 8.73. The van der Waals surface area contributed by atoms with E-state index < -0.39 is 0 Å². The minimum Gasteiger partial charge on any atom is -0.456 e. The molecule has 10 aromatic carbocycles. The van der Waals surface area contributed by atoms with Crippen molar-refractivity contribution in [3.8, 4) is 44.5 Å². The normalized spacial score (nSPS) is 11.4. The SMILES string of the molecule is c1ccc(-c2ccccc2-c2ccc(N(c3ccc(-c4cc5ccccc5c5ccccc45)cc3)c3ccc(-c4cccc5oc6ccccc6c45)cc3)cc2)cc1. The van der Waals surface area contributed by atoms with E-state index in [2.05, 4.69) is 217 Å². The van der Waals surface area contributed by atoms with Crippen molar-refractivity contribution in [3.05, 3.63) is 224 Å². The van der Waals surface area contributed by atoms with Gasteiger partial charge in [-0.05, 0) is 121 Å². The van der Waals surface area contributed by atoms with E-state index in [1.165, 1.54) is 54.9 Å². The Morgan fingerprint density at radius 2 is 0.724 bits per heavy atom. The highest BCUT2D eigenvalue weighted by molar-refractivity contribution is 6.14. The molecule has 11 aromatic rings. The number of furan rings is 1. The number of hydrogen-bond acceptors (Lipinski definition) is 2. The fourth-order valence-electron chi connectivity index (χ4n) is 8.73. The maximum atomic E-state index is 6.24. The van der Waals surface area contributed by atoms with Gasteiger partial charge in [-0.2, -0.15) is 0 Å². The highest BCUT2D eigenvalue weighted by atomic mass is 16.3. The van der Waals surface area contributed by atoms with Gasteiger partial charge in [-0.25, -0.2) is 0 Å². The molecular formula is C56H37NO. The van der Waals surface area contributed by atoms with Crippen molar-refractivity contribution in [1.82, 2.24) is 0 Å². The molecule has 0 radical (unpaired) electrons. The standard InChI is InChI=1S/C56H37NO/c1-2-13-38(14-3-1)46-16-6-7-17-47(46)39-25-31-43(32-26-39)57(44-33-27-40(28-34-44)49-22-12-24-55-56(49)52-21-10-11-23-54(52)58-55)45-35-29-41(30-36-45)53-37-42-15-4-5-18-48(42)50-19-8-9-20-51(50)53/h1-37H. The summed E-state index contributed by atoms with van der Waals surface area (Å²) >= 11 is 0. The smallest absolute Gasteiger partial charge is 0.136 e. The largest absolute Gasteiger partial charge is 0.456 e. The second-order valence-electron chi connectivity index (χ2n) is 14.9. The molecular weight excluding hydrogens is 703 g/mol. The summed E-state index contributed by atoms with van der Waals surface area (Å²) in [5.74, 6) is 0. The van der Waals surface area contributed by atoms with Crippen LogP contribution in [0, 0.1) is 0 Å². The second-order valence-corrected chi connectivity index (χ2v) is 14.9. The van der Waals surface area contributed by atoms with Crippen molar-refractivity contribution >= 4 is 60.5 Å². The van der Waals surface area contributed by atoms with Gasteiger partial charge in [0, 0.05) is 27.8 Å². The lowest BCUT2D eigenvalue weighted by Crippen LogP contribution is -2.09. The zero-order chi connectivity index (χ0) is 38.4. The molecule has 0 bridgehead atoms. The Balaban J connectivity index is 1.02. The van der Waals surface area contributed by atoms with E-state index in [0.717, 1.165) is 50.1 Å². The molecule has 1 heterocycles. The van der Waals surface area contributed by atoms with Crippen LogP contribution in [0.1, 0.15) is 0 Å². The Kier molecular flexibility index (Phi) is 8.19. The van der Waals surface area contributed by atoms with Gasteiger partial charge in [0.15, 0.2) is 0 Å². The van der Waals surface area contributed by atoms with Crippen LogP contribution in [0.4, 0.5) is 17.1 Å². The van der Waals surface area contributed by atoms with Crippen molar-refractivity contribution in [1.29, 1.82) is 0 Å². The molecule has 0 aliphatic heterocycles. The van der Waals surface area contributed by atoms with Crippen molar-refractivity contribution in [2.75, 3.05) is 4.90 Å². The average molecular weight is 740 g/mol. The first-order valence-corrected chi connectivity index (χ1v) is 19.8. The highest BCUT2D eigenvalue weighted by Gasteiger charge is 2.17. The van der Waals surface area contributed by atoms with Crippen LogP contribution < -0.4 is 4.90 Å². The Morgan fingerprint density at radius 1 is 0.276 bits per heavy atom. The average Bonchev–Trinajstić information content (AvgIpc) is 3.69. The van der Waals surface area contributed by atoms with E-state index in [1.54, 1.807) is 0 Å². The minimum absolute atomic E-state index is 0.901. The maximum absolute atomic E-state index is 6.24. The molecule has 1 aromatic heterocycles. The van der Waals surface area contributed by atoms with E-state index in [1.807, 2.05) is 12.1 Å². The number of anilines is 3. The summed E-state index contributed by atoms with van der Waals surface area (Å²) < 4.78 is 6.24. The van der Waals surface area contributed by atoms with Crippen molar-refractivity contribution < 1.29 is 4.42 Å². The highest BCUT2D eigenvalue weighted by Crippen LogP contribution is 2.42. The number of fused-ring (bicyclic) bond motifs is 6. The zero-order valence-electron chi connectivity index (χ0n) is 31.7. The monoisotopic (exact) mass is 739 g/mol. The summed E-state index contributed by atoms with van der Waals surface area (Å²) in [4.78, 5) is 2.35. The van der Waals surface area contributed by atoms with Crippen molar-refractivity contribution in [3.63, 3.8) is 0 Å². The molecule has 0 fully saturated rings. The van der Waals surface area contributed by atoms with Gasteiger partial charge in [-0.1, -0.05) is 170 Å². The Morgan fingerprint density at radius 3 is 1.38 bits per heavy atom.